The van der Waals surface area contributed by atoms with Gasteiger partial charge in [0.05, 0.1) is 0 Å². The maximum atomic E-state index is 12.3. The molecule has 2 N–H and O–H groups in total. The zero-order valence-electron chi connectivity index (χ0n) is 17.7. The van der Waals surface area contributed by atoms with E-state index in [1.54, 1.807) is 13.8 Å². The van der Waals surface area contributed by atoms with Gasteiger partial charge in [0.1, 0.15) is 11.5 Å². The molecular formula is C23H30N2O4. The molecule has 2 aromatic carbocycles. The molecule has 0 saturated carbocycles. The van der Waals surface area contributed by atoms with Crippen LogP contribution in [0.2, 0.25) is 0 Å². The van der Waals surface area contributed by atoms with Crippen molar-refractivity contribution in [1.29, 1.82) is 0 Å². The van der Waals surface area contributed by atoms with Crippen LogP contribution in [0.25, 0.3) is 0 Å². The zero-order chi connectivity index (χ0) is 21.4. The van der Waals surface area contributed by atoms with Crippen molar-refractivity contribution in [2.75, 3.05) is 6.54 Å². The lowest BCUT2D eigenvalue weighted by Crippen LogP contribution is -2.48. The number of aryl methyl sites for hydroxylation is 2. The maximum absolute atomic E-state index is 12.3. The van der Waals surface area contributed by atoms with E-state index in [0.717, 1.165) is 11.1 Å². The Balaban J connectivity index is 1.75. The normalized spacial score (nSPS) is 13.7. The van der Waals surface area contributed by atoms with Gasteiger partial charge in [-0.3, -0.25) is 9.59 Å². The van der Waals surface area contributed by atoms with Crippen molar-refractivity contribution in [3.63, 3.8) is 0 Å². The summed E-state index contributed by atoms with van der Waals surface area (Å²) >= 11 is 0. The largest absolute Gasteiger partial charge is 0.481 e. The second kappa shape index (κ2) is 10.5. The molecule has 0 saturated heterocycles. The summed E-state index contributed by atoms with van der Waals surface area (Å²) in [6.45, 7) is 9.43. The van der Waals surface area contributed by atoms with Crippen molar-refractivity contribution in [2.24, 2.45) is 0 Å². The molecule has 0 bridgehead atoms. The van der Waals surface area contributed by atoms with Crippen LogP contribution < -0.4 is 20.1 Å². The Kier molecular flexibility index (Phi) is 8.07. The quantitative estimate of drug-likeness (QED) is 0.680. The number of carbonyl (C=O) groups is 2. The van der Waals surface area contributed by atoms with E-state index in [1.807, 2.05) is 69.3 Å². The molecule has 156 valence electrons. The van der Waals surface area contributed by atoms with Crippen LogP contribution in [0.3, 0.4) is 0 Å². The second-order valence-electron chi connectivity index (χ2n) is 7.31. The minimum atomic E-state index is -0.640. The van der Waals surface area contributed by atoms with E-state index in [9.17, 15) is 9.59 Å². The highest BCUT2D eigenvalue weighted by Crippen LogP contribution is 2.15. The number of amides is 2. The molecule has 6 heteroatoms. The topological polar surface area (TPSA) is 76.7 Å². The average Bonchev–Trinajstić information content (AvgIpc) is 2.66. The van der Waals surface area contributed by atoms with Crippen molar-refractivity contribution < 1.29 is 19.1 Å². The van der Waals surface area contributed by atoms with Gasteiger partial charge in [-0.25, -0.2) is 0 Å². The molecule has 0 aliphatic heterocycles. The number of nitrogens with one attached hydrogen (secondary N) is 2. The molecule has 3 unspecified atom stereocenters. The highest BCUT2D eigenvalue weighted by atomic mass is 16.5. The lowest BCUT2D eigenvalue weighted by Gasteiger charge is -2.20. The number of carbonyl (C=O) groups excluding carboxylic acids is 2. The molecule has 0 aliphatic rings. The van der Waals surface area contributed by atoms with Crippen LogP contribution in [0.4, 0.5) is 0 Å². The van der Waals surface area contributed by atoms with Crippen molar-refractivity contribution in [3.05, 3.63) is 59.7 Å². The standard InChI is InChI=1S/C23H30N2O4/c1-15-8-6-10-20(12-15)28-18(4)22(26)24-14-17(3)25-23(27)19(5)29-21-11-7-9-16(2)13-21/h6-13,17-19H,14H2,1-5H3,(H,24,26)(H,25,27). The minimum Gasteiger partial charge on any atom is -0.481 e. The second-order valence-corrected chi connectivity index (χ2v) is 7.31. The SMILES string of the molecule is Cc1cccc(OC(C)C(=O)NCC(C)NC(=O)C(C)Oc2cccc(C)c2)c1. The van der Waals surface area contributed by atoms with Gasteiger partial charge in [0.25, 0.3) is 11.8 Å². The summed E-state index contributed by atoms with van der Waals surface area (Å²) in [7, 11) is 0. The number of hydrogen-bond acceptors (Lipinski definition) is 4. The van der Waals surface area contributed by atoms with Gasteiger partial charge in [-0.2, -0.15) is 0 Å². The Morgan fingerprint density at radius 1 is 0.828 bits per heavy atom. The molecule has 3 atom stereocenters. The van der Waals surface area contributed by atoms with Crippen molar-refractivity contribution in [3.8, 4) is 11.5 Å². The van der Waals surface area contributed by atoms with Gasteiger partial charge in [0.2, 0.25) is 0 Å². The molecule has 0 radical (unpaired) electrons. The van der Waals surface area contributed by atoms with Crippen LogP contribution in [0.1, 0.15) is 31.9 Å². The molecule has 2 aromatic rings. The number of hydrogen-bond donors (Lipinski definition) is 2. The maximum Gasteiger partial charge on any atom is 0.261 e. The number of ether oxygens (including phenoxy) is 2. The van der Waals surface area contributed by atoms with Gasteiger partial charge in [-0.1, -0.05) is 24.3 Å². The van der Waals surface area contributed by atoms with Crippen LogP contribution in [-0.2, 0) is 9.59 Å². The summed E-state index contributed by atoms with van der Waals surface area (Å²) in [5.74, 6) is 0.820. The van der Waals surface area contributed by atoms with Crippen molar-refractivity contribution >= 4 is 11.8 Å². The molecule has 0 fully saturated rings. The van der Waals surface area contributed by atoms with Crippen LogP contribution in [0.15, 0.2) is 48.5 Å². The lowest BCUT2D eigenvalue weighted by molar-refractivity contribution is -0.129. The Morgan fingerprint density at radius 3 is 1.79 bits per heavy atom. The first-order valence-electron chi connectivity index (χ1n) is 9.79. The van der Waals surface area contributed by atoms with Crippen LogP contribution in [0, 0.1) is 13.8 Å². The highest BCUT2D eigenvalue weighted by Gasteiger charge is 2.19. The molecule has 29 heavy (non-hydrogen) atoms. The van der Waals surface area contributed by atoms with E-state index < -0.39 is 12.2 Å². The monoisotopic (exact) mass is 398 g/mol. The van der Waals surface area contributed by atoms with Crippen molar-refractivity contribution in [1.82, 2.24) is 10.6 Å². The summed E-state index contributed by atoms with van der Waals surface area (Å²) in [5.41, 5.74) is 2.13. The summed E-state index contributed by atoms with van der Waals surface area (Å²) < 4.78 is 11.3. The Bertz CT molecular complexity index is 837. The van der Waals surface area contributed by atoms with Gasteiger partial charge < -0.3 is 20.1 Å². The fourth-order valence-corrected chi connectivity index (χ4v) is 2.70. The third-order valence-corrected chi connectivity index (χ3v) is 4.31. The smallest absolute Gasteiger partial charge is 0.261 e. The molecule has 0 heterocycles. The fourth-order valence-electron chi connectivity index (χ4n) is 2.70. The predicted molar refractivity (Wildman–Crippen MR) is 113 cm³/mol. The third-order valence-electron chi connectivity index (χ3n) is 4.31. The lowest BCUT2D eigenvalue weighted by atomic mass is 10.2. The van der Waals surface area contributed by atoms with Gasteiger partial charge >= 0.3 is 0 Å². The van der Waals surface area contributed by atoms with E-state index in [0.29, 0.717) is 18.0 Å². The van der Waals surface area contributed by atoms with Gasteiger partial charge in [0, 0.05) is 12.6 Å². The van der Waals surface area contributed by atoms with E-state index in [4.69, 9.17) is 9.47 Å². The molecular weight excluding hydrogens is 368 g/mol. The first-order chi connectivity index (χ1) is 13.7. The van der Waals surface area contributed by atoms with E-state index >= 15 is 0 Å². The molecule has 2 amide bonds. The molecule has 6 nitrogen and oxygen atoms in total. The number of benzene rings is 2. The zero-order valence-corrected chi connectivity index (χ0v) is 17.7. The molecule has 0 spiro atoms. The highest BCUT2D eigenvalue weighted by molar-refractivity contribution is 5.82. The van der Waals surface area contributed by atoms with Crippen LogP contribution in [0.5, 0.6) is 11.5 Å². The fraction of sp³-hybridized carbons (Fsp3) is 0.391. The summed E-state index contributed by atoms with van der Waals surface area (Å²) in [5, 5.41) is 5.65. The summed E-state index contributed by atoms with van der Waals surface area (Å²) in [4.78, 5) is 24.6. The van der Waals surface area contributed by atoms with Gasteiger partial charge in [-0.15, -0.1) is 0 Å². The third kappa shape index (κ3) is 7.49. The Hall–Kier alpha value is -3.02. The molecule has 2 rings (SSSR count). The van der Waals surface area contributed by atoms with Gasteiger partial charge in [-0.05, 0) is 70.0 Å². The average molecular weight is 399 g/mol. The molecule has 0 aliphatic carbocycles. The first kappa shape index (κ1) is 22.3. The summed E-state index contributed by atoms with van der Waals surface area (Å²) in [6, 6.07) is 14.8. The first-order valence-corrected chi connectivity index (χ1v) is 9.79. The number of rotatable bonds is 9. The Labute approximate surface area is 172 Å². The predicted octanol–water partition coefficient (Wildman–Crippen LogP) is 3.16. The Morgan fingerprint density at radius 2 is 1.31 bits per heavy atom. The molecule has 0 aromatic heterocycles. The minimum absolute atomic E-state index is 0.239. The van der Waals surface area contributed by atoms with E-state index in [1.165, 1.54) is 0 Å². The van der Waals surface area contributed by atoms with Gasteiger partial charge in [0.15, 0.2) is 12.2 Å². The van der Waals surface area contributed by atoms with Crippen LogP contribution in [-0.4, -0.2) is 36.6 Å². The van der Waals surface area contributed by atoms with Crippen LogP contribution >= 0.6 is 0 Å². The summed E-state index contributed by atoms with van der Waals surface area (Å²) in [6.07, 6.45) is -1.28. The van der Waals surface area contributed by atoms with Crippen molar-refractivity contribution in [2.45, 2.75) is 52.9 Å². The van der Waals surface area contributed by atoms with E-state index in [2.05, 4.69) is 10.6 Å². The van der Waals surface area contributed by atoms with E-state index in [-0.39, 0.29) is 17.9 Å².